The first kappa shape index (κ1) is 22.8. The molecule has 0 radical (unpaired) electrons. The largest absolute Gasteiger partial charge is 0.480 e. The molecule has 4 rings (SSSR count). The Morgan fingerprint density at radius 2 is 1.78 bits per heavy atom. The van der Waals surface area contributed by atoms with Crippen LogP contribution in [0.25, 0.3) is 16.7 Å². The van der Waals surface area contributed by atoms with E-state index in [0.29, 0.717) is 5.82 Å². The number of hydrogen-bond donors (Lipinski definition) is 1. The van der Waals surface area contributed by atoms with Gasteiger partial charge in [0, 0.05) is 31.4 Å². The van der Waals surface area contributed by atoms with E-state index in [9.17, 15) is 18.3 Å². The summed E-state index contributed by atoms with van der Waals surface area (Å²) in [4.78, 5) is 15.7. The minimum atomic E-state index is -4.25. The molecular formula is C21H14Cl2IN3O4S. The van der Waals surface area contributed by atoms with Crippen LogP contribution in [0.1, 0.15) is 0 Å². The molecular weight excluding hydrogens is 588 g/mol. The zero-order valence-electron chi connectivity index (χ0n) is 16.1. The van der Waals surface area contributed by atoms with Crippen LogP contribution in [0, 0.1) is 3.57 Å². The van der Waals surface area contributed by atoms with Crippen molar-refractivity contribution in [1.29, 1.82) is 0 Å². The molecule has 2 heterocycles. The Labute approximate surface area is 207 Å². The summed E-state index contributed by atoms with van der Waals surface area (Å²) in [5.74, 6) is -0.592. The Bertz CT molecular complexity index is 1440. The van der Waals surface area contributed by atoms with Crippen LogP contribution in [0.2, 0.25) is 10.0 Å². The number of sulfonamides is 1. The molecule has 0 aliphatic rings. The van der Waals surface area contributed by atoms with E-state index in [2.05, 4.69) is 27.6 Å². The maximum Gasteiger partial charge on any atom is 0.324 e. The number of benzene rings is 2. The summed E-state index contributed by atoms with van der Waals surface area (Å²) in [6.45, 7) is -0.767. The fraction of sp³-hybridized carbons (Fsp3) is 0.0476. The van der Waals surface area contributed by atoms with Crippen molar-refractivity contribution in [2.45, 2.75) is 4.90 Å². The molecule has 0 atom stereocenters. The summed E-state index contributed by atoms with van der Waals surface area (Å²) in [5, 5.41) is 10.4. The molecule has 0 bridgehead atoms. The lowest BCUT2D eigenvalue weighted by Gasteiger charge is -2.23. The van der Waals surface area contributed by atoms with Crippen LogP contribution >= 0.6 is 45.8 Å². The van der Waals surface area contributed by atoms with E-state index < -0.39 is 22.5 Å². The molecule has 0 spiro atoms. The van der Waals surface area contributed by atoms with Crippen molar-refractivity contribution in [3.63, 3.8) is 0 Å². The molecule has 0 fully saturated rings. The molecule has 164 valence electrons. The molecule has 2 aromatic carbocycles. The van der Waals surface area contributed by atoms with Gasteiger partial charge < -0.3 is 9.67 Å². The first-order valence-electron chi connectivity index (χ1n) is 9.09. The number of hydrogen-bond acceptors (Lipinski definition) is 4. The number of nitrogens with zero attached hydrogens (tertiary/aromatic N) is 3. The molecule has 0 unspecified atom stereocenters. The summed E-state index contributed by atoms with van der Waals surface area (Å²) in [5.41, 5.74) is 0.992. The number of aliphatic carboxylic acids is 1. The fourth-order valence-corrected chi connectivity index (χ4v) is 5.83. The van der Waals surface area contributed by atoms with Gasteiger partial charge in [0.1, 0.15) is 12.4 Å². The van der Waals surface area contributed by atoms with Crippen molar-refractivity contribution in [3.05, 3.63) is 80.6 Å². The molecule has 1 N–H and O–H groups in total. The number of aromatic nitrogens is 2. The summed E-state index contributed by atoms with van der Waals surface area (Å²) in [6.07, 6.45) is 3.52. The average molecular weight is 602 g/mol. The van der Waals surface area contributed by atoms with Gasteiger partial charge in [-0.05, 0) is 77.2 Å². The Hall–Kier alpha value is -2.34. The lowest BCUT2D eigenvalue weighted by atomic mass is 10.2. The number of carboxylic acids is 1. The SMILES string of the molecule is O=C(O)CN(c1ccc2c(ccn2-c2cc(I)ccn2)c1)S(=O)(=O)c1cc(Cl)cc(Cl)c1. The topological polar surface area (TPSA) is 92.5 Å². The second-order valence-corrected chi connectivity index (χ2v) is 10.8. The summed E-state index contributed by atoms with van der Waals surface area (Å²) >= 11 is 14.1. The Morgan fingerprint density at radius 1 is 1.06 bits per heavy atom. The maximum absolute atomic E-state index is 13.3. The number of carbonyl (C=O) groups is 1. The van der Waals surface area contributed by atoms with Crippen LogP contribution in [0.3, 0.4) is 0 Å². The molecule has 0 saturated carbocycles. The van der Waals surface area contributed by atoms with Crippen molar-refractivity contribution in [2.75, 3.05) is 10.8 Å². The van der Waals surface area contributed by atoms with Crippen LogP contribution in [0.4, 0.5) is 5.69 Å². The predicted molar refractivity (Wildman–Crippen MR) is 132 cm³/mol. The number of rotatable bonds is 6. The standard InChI is InChI=1S/C21H14Cl2IN3O4S/c22-14-8-15(23)10-18(9-14)32(30,31)27(12-21(28)29)17-1-2-19-13(7-17)4-6-26(19)20-11-16(24)3-5-25-20/h1-11H,12H2,(H,28,29). The molecule has 7 nitrogen and oxygen atoms in total. The van der Waals surface area contributed by atoms with Gasteiger partial charge in [-0.15, -0.1) is 0 Å². The minimum Gasteiger partial charge on any atom is -0.480 e. The Balaban J connectivity index is 1.82. The van der Waals surface area contributed by atoms with E-state index in [1.165, 1.54) is 18.2 Å². The second kappa shape index (κ2) is 8.89. The molecule has 0 aliphatic heterocycles. The van der Waals surface area contributed by atoms with E-state index >= 15 is 0 Å². The lowest BCUT2D eigenvalue weighted by molar-refractivity contribution is -0.135. The lowest BCUT2D eigenvalue weighted by Crippen LogP contribution is -2.35. The summed E-state index contributed by atoms with van der Waals surface area (Å²) in [6, 6.07) is 14.4. The average Bonchev–Trinajstić information content (AvgIpc) is 3.14. The third kappa shape index (κ3) is 4.56. The highest BCUT2D eigenvalue weighted by molar-refractivity contribution is 14.1. The molecule has 2 aromatic heterocycles. The van der Waals surface area contributed by atoms with E-state index in [4.69, 9.17) is 23.2 Å². The first-order chi connectivity index (χ1) is 15.1. The highest BCUT2D eigenvalue weighted by Crippen LogP contribution is 2.31. The van der Waals surface area contributed by atoms with Crippen molar-refractivity contribution >= 4 is 78.4 Å². The predicted octanol–water partition coefficient (Wildman–Crippen LogP) is 5.22. The first-order valence-corrected chi connectivity index (χ1v) is 12.4. The summed E-state index contributed by atoms with van der Waals surface area (Å²) < 4.78 is 30.3. The van der Waals surface area contributed by atoms with Crippen LogP contribution < -0.4 is 4.31 Å². The Morgan fingerprint density at radius 3 is 2.44 bits per heavy atom. The highest BCUT2D eigenvalue weighted by Gasteiger charge is 2.28. The van der Waals surface area contributed by atoms with Gasteiger partial charge in [-0.2, -0.15) is 0 Å². The summed E-state index contributed by atoms with van der Waals surface area (Å²) in [7, 11) is -4.25. The van der Waals surface area contributed by atoms with Crippen LogP contribution in [0.15, 0.2) is 71.9 Å². The van der Waals surface area contributed by atoms with Gasteiger partial charge in [0.05, 0.1) is 16.1 Å². The maximum atomic E-state index is 13.3. The van der Waals surface area contributed by atoms with Gasteiger partial charge >= 0.3 is 5.97 Å². The number of pyridine rings is 1. The number of anilines is 1. The third-order valence-corrected chi connectivity index (χ3v) is 7.48. The van der Waals surface area contributed by atoms with E-state index in [-0.39, 0.29) is 20.6 Å². The van der Waals surface area contributed by atoms with Gasteiger partial charge in [0.25, 0.3) is 10.0 Å². The van der Waals surface area contributed by atoms with Crippen molar-refractivity contribution < 1.29 is 18.3 Å². The number of fused-ring (bicyclic) bond motifs is 1. The molecule has 32 heavy (non-hydrogen) atoms. The molecule has 0 saturated heterocycles. The number of carboxylic acid groups (broad SMARTS) is 1. The van der Waals surface area contributed by atoms with E-state index in [0.717, 1.165) is 18.8 Å². The van der Waals surface area contributed by atoms with Gasteiger partial charge in [-0.1, -0.05) is 23.2 Å². The van der Waals surface area contributed by atoms with Crippen LogP contribution in [-0.4, -0.2) is 35.6 Å². The van der Waals surface area contributed by atoms with Crippen molar-refractivity contribution in [3.8, 4) is 5.82 Å². The van der Waals surface area contributed by atoms with Crippen LogP contribution in [0.5, 0.6) is 0 Å². The zero-order valence-corrected chi connectivity index (χ0v) is 20.6. The highest BCUT2D eigenvalue weighted by atomic mass is 127. The van der Waals surface area contributed by atoms with Crippen LogP contribution in [-0.2, 0) is 14.8 Å². The monoisotopic (exact) mass is 601 g/mol. The van der Waals surface area contributed by atoms with Crippen molar-refractivity contribution in [1.82, 2.24) is 9.55 Å². The zero-order chi connectivity index (χ0) is 23.0. The molecule has 11 heteroatoms. The fourth-order valence-electron chi connectivity index (χ4n) is 3.25. The molecule has 4 aromatic rings. The Kier molecular flexibility index (Phi) is 6.35. The molecule has 0 aliphatic carbocycles. The minimum absolute atomic E-state index is 0.129. The van der Waals surface area contributed by atoms with Gasteiger partial charge in [-0.25, -0.2) is 13.4 Å². The quantitative estimate of drug-likeness (QED) is 0.306. The van der Waals surface area contributed by atoms with Gasteiger partial charge in [0.15, 0.2) is 0 Å². The van der Waals surface area contributed by atoms with Crippen molar-refractivity contribution in [2.24, 2.45) is 0 Å². The van der Waals surface area contributed by atoms with E-state index in [1.807, 2.05) is 29.0 Å². The van der Waals surface area contributed by atoms with E-state index in [1.54, 1.807) is 24.4 Å². The normalized spacial score (nSPS) is 11.6. The second-order valence-electron chi connectivity index (χ2n) is 6.77. The van der Waals surface area contributed by atoms with Gasteiger partial charge in [0.2, 0.25) is 0 Å². The smallest absolute Gasteiger partial charge is 0.324 e. The third-order valence-electron chi connectivity index (χ3n) is 4.62. The molecule has 0 amide bonds. The number of halogens is 3. The van der Waals surface area contributed by atoms with Gasteiger partial charge in [-0.3, -0.25) is 9.10 Å².